The minimum atomic E-state index is -0.510. The van der Waals surface area contributed by atoms with Gasteiger partial charge in [0.2, 0.25) is 0 Å². The van der Waals surface area contributed by atoms with Gasteiger partial charge in [-0.25, -0.2) is 14.8 Å². The van der Waals surface area contributed by atoms with Crippen LogP contribution < -0.4 is 10.6 Å². The van der Waals surface area contributed by atoms with E-state index < -0.39 is 5.60 Å². The second-order valence-corrected chi connectivity index (χ2v) is 9.38. The van der Waals surface area contributed by atoms with E-state index in [1.807, 2.05) is 63.1 Å². The van der Waals surface area contributed by atoms with Gasteiger partial charge in [-0.05, 0) is 56.9 Å². The fourth-order valence-corrected chi connectivity index (χ4v) is 4.18. The maximum absolute atomic E-state index is 12.1. The van der Waals surface area contributed by atoms with E-state index in [1.54, 1.807) is 10.9 Å². The predicted octanol–water partition coefficient (Wildman–Crippen LogP) is 3.87. The smallest absolute Gasteiger partial charge is 0.407 e. The lowest BCUT2D eigenvalue weighted by atomic mass is 10.1. The zero-order valence-electron chi connectivity index (χ0n) is 19.2. The Bertz CT molecular complexity index is 1330. The lowest BCUT2D eigenvalue weighted by molar-refractivity contribution is 0.0506. The molecule has 3 aromatic heterocycles. The number of imidazole rings is 1. The third-order valence-electron chi connectivity index (χ3n) is 5.55. The average molecular weight is 446 g/mol. The molecule has 1 aromatic carbocycles. The van der Waals surface area contributed by atoms with Gasteiger partial charge in [0.05, 0.1) is 18.1 Å². The Morgan fingerprint density at radius 3 is 2.73 bits per heavy atom. The number of aryl methyl sites for hydroxylation is 1. The average Bonchev–Trinajstić information content (AvgIpc) is 3.44. The number of rotatable bonds is 4. The molecule has 1 unspecified atom stereocenters. The van der Waals surface area contributed by atoms with Crippen molar-refractivity contribution in [3.63, 3.8) is 0 Å². The van der Waals surface area contributed by atoms with Crippen molar-refractivity contribution in [1.29, 1.82) is 0 Å². The monoisotopic (exact) mass is 445 g/mol. The first-order chi connectivity index (χ1) is 15.7. The Hall–Kier alpha value is -3.88. The van der Waals surface area contributed by atoms with Crippen molar-refractivity contribution in [2.75, 3.05) is 5.32 Å². The van der Waals surface area contributed by atoms with Crippen LogP contribution in [0.25, 0.3) is 16.9 Å². The summed E-state index contributed by atoms with van der Waals surface area (Å²) in [6.45, 7) is 5.59. The molecule has 33 heavy (non-hydrogen) atoms. The standard InChI is InChI=1S/C24H27N7O2/c1-24(2,3)33-23(32)29-19-9-15-5-6-18(10-16(15)11-19)28-21-22-26-13-20(31(22)8-7-25-21)17-12-27-30(4)14-17/h5-8,10,12-14,19H,9,11H2,1-4H3,(H,25,28)(H,29,32). The van der Waals surface area contributed by atoms with Gasteiger partial charge in [-0.1, -0.05) is 6.07 Å². The molecule has 3 heterocycles. The second kappa shape index (κ2) is 7.91. The van der Waals surface area contributed by atoms with E-state index in [0.29, 0.717) is 5.82 Å². The molecule has 0 spiro atoms. The van der Waals surface area contributed by atoms with E-state index in [-0.39, 0.29) is 12.1 Å². The molecule has 170 valence electrons. The zero-order valence-corrected chi connectivity index (χ0v) is 19.2. The number of nitrogens with one attached hydrogen (secondary N) is 2. The van der Waals surface area contributed by atoms with Crippen LogP contribution in [0.1, 0.15) is 31.9 Å². The van der Waals surface area contributed by atoms with Crippen molar-refractivity contribution in [3.05, 3.63) is 60.3 Å². The maximum atomic E-state index is 12.1. The van der Waals surface area contributed by atoms with Gasteiger partial charge < -0.3 is 15.4 Å². The molecule has 0 saturated carbocycles. The molecular formula is C24H27N7O2. The van der Waals surface area contributed by atoms with E-state index in [4.69, 9.17) is 4.74 Å². The van der Waals surface area contributed by atoms with Crippen LogP contribution in [0.15, 0.2) is 49.2 Å². The number of carbonyl (C=O) groups excluding carboxylic acids is 1. The maximum Gasteiger partial charge on any atom is 0.407 e. The molecule has 0 aliphatic heterocycles. The lowest BCUT2D eigenvalue weighted by Gasteiger charge is -2.21. The van der Waals surface area contributed by atoms with Gasteiger partial charge in [-0.2, -0.15) is 5.10 Å². The topological polar surface area (TPSA) is 98.4 Å². The first-order valence-corrected chi connectivity index (χ1v) is 10.9. The molecule has 0 fully saturated rings. The minimum absolute atomic E-state index is 0.0287. The van der Waals surface area contributed by atoms with Gasteiger partial charge in [0.15, 0.2) is 11.5 Å². The third-order valence-corrected chi connectivity index (χ3v) is 5.55. The van der Waals surface area contributed by atoms with Crippen LogP contribution >= 0.6 is 0 Å². The lowest BCUT2D eigenvalue weighted by Crippen LogP contribution is -2.39. The molecule has 5 rings (SSSR count). The van der Waals surface area contributed by atoms with Crippen LogP contribution in [0.4, 0.5) is 16.3 Å². The molecule has 2 N–H and O–H groups in total. The number of ether oxygens (including phenoxy) is 1. The number of amides is 1. The number of carbonyl (C=O) groups is 1. The van der Waals surface area contributed by atoms with E-state index in [1.165, 1.54) is 11.1 Å². The molecule has 1 aliphatic rings. The van der Waals surface area contributed by atoms with Crippen molar-refractivity contribution in [2.45, 2.75) is 45.3 Å². The summed E-state index contributed by atoms with van der Waals surface area (Å²) in [5.74, 6) is 0.675. The number of nitrogens with zero attached hydrogens (tertiary/aromatic N) is 5. The summed E-state index contributed by atoms with van der Waals surface area (Å²) < 4.78 is 9.16. The number of alkyl carbamates (subject to hydrolysis) is 1. The van der Waals surface area contributed by atoms with Crippen LogP contribution in [-0.4, -0.2) is 41.9 Å². The van der Waals surface area contributed by atoms with Crippen molar-refractivity contribution in [3.8, 4) is 11.3 Å². The number of fused-ring (bicyclic) bond motifs is 2. The molecule has 4 aromatic rings. The zero-order chi connectivity index (χ0) is 23.2. The van der Waals surface area contributed by atoms with Gasteiger partial charge in [0.25, 0.3) is 0 Å². The third kappa shape index (κ3) is 4.39. The van der Waals surface area contributed by atoms with Crippen molar-refractivity contribution >= 4 is 23.2 Å². The molecular weight excluding hydrogens is 418 g/mol. The van der Waals surface area contributed by atoms with E-state index >= 15 is 0 Å². The number of hydrogen-bond donors (Lipinski definition) is 2. The molecule has 0 saturated heterocycles. The number of aromatic nitrogens is 5. The number of benzene rings is 1. The van der Waals surface area contributed by atoms with Crippen LogP contribution in [-0.2, 0) is 24.6 Å². The summed E-state index contributed by atoms with van der Waals surface area (Å²) in [5, 5.41) is 10.6. The molecule has 1 aliphatic carbocycles. The van der Waals surface area contributed by atoms with Crippen LogP contribution in [0.2, 0.25) is 0 Å². The SMILES string of the molecule is Cn1cc(-c2cnc3c(Nc4ccc5c(c4)CC(NC(=O)OC(C)(C)C)C5)nccn23)cn1. The second-order valence-electron chi connectivity index (χ2n) is 9.38. The van der Waals surface area contributed by atoms with E-state index in [9.17, 15) is 4.79 Å². The Labute approximate surface area is 191 Å². The quantitative estimate of drug-likeness (QED) is 0.495. The summed E-state index contributed by atoms with van der Waals surface area (Å²) >= 11 is 0. The highest BCUT2D eigenvalue weighted by Crippen LogP contribution is 2.29. The molecule has 0 bridgehead atoms. The molecule has 9 nitrogen and oxygen atoms in total. The fourth-order valence-electron chi connectivity index (χ4n) is 4.18. The molecule has 1 atom stereocenters. The van der Waals surface area contributed by atoms with E-state index in [0.717, 1.165) is 35.4 Å². The van der Waals surface area contributed by atoms with Gasteiger partial charge in [0, 0.05) is 42.9 Å². The minimum Gasteiger partial charge on any atom is -0.444 e. The Balaban J connectivity index is 1.33. The van der Waals surface area contributed by atoms with Gasteiger partial charge in [-0.3, -0.25) is 9.08 Å². The summed E-state index contributed by atoms with van der Waals surface area (Å²) in [7, 11) is 1.89. The number of anilines is 2. The Morgan fingerprint density at radius 2 is 1.97 bits per heavy atom. The molecule has 9 heteroatoms. The van der Waals surface area contributed by atoms with E-state index in [2.05, 4.69) is 37.8 Å². The van der Waals surface area contributed by atoms with Gasteiger partial charge >= 0.3 is 6.09 Å². The highest BCUT2D eigenvalue weighted by Gasteiger charge is 2.25. The number of hydrogen-bond acceptors (Lipinski definition) is 6. The summed E-state index contributed by atoms with van der Waals surface area (Å²) in [4.78, 5) is 21.2. The van der Waals surface area contributed by atoms with Crippen molar-refractivity contribution < 1.29 is 9.53 Å². The summed E-state index contributed by atoms with van der Waals surface area (Å²) in [5.41, 5.74) is 5.53. The van der Waals surface area contributed by atoms with Crippen LogP contribution in [0.5, 0.6) is 0 Å². The van der Waals surface area contributed by atoms with Crippen molar-refractivity contribution in [2.24, 2.45) is 7.05 Å². The molecule has 0 radical (unpaired) electrons. The fraction of sp³-hybridized carbons (Fsp3) is 0.333. The van der Waals surface area contributed by atoms with Crippen LogP contribution in [0.3, 0.4) is 0 Å². The Morgan fingerprint density at radius 1 is 1.15 bits per heavy atom. The molecule has 1 amide bonds. The Kier molecular flexibility index (Phi) is 5.03. The van der Waals surface area contributed by atoms with Gasteiger partial charge in [0.1, 0.15) is 5.60 Å². The first kappa shape index (κ1) is 21.0. The van der Waals surface area contributed by atoms with Crippen LogP contribution in [0, 0.1) is 0 Å². The highest BCUT2D eigenvalue weighted by atomic mass is 16.6. The van der Waals surface area contributed by atoms with Gasteiger partial charge in [-0.15, -0.1) is 0 Å². The predicted molar refractivity (Wildman–Crippen MR) is 125 cm³/mol. The first-order valence-electron chi connectivity index (χ1n) is 10.9. The highest BCUT2D eigenvalue weighted by molar-refractivity contribution is 5.74. The largest absolute Gasteiger partial charge is 0.444 e. The summed E-state index contributed by atoms with van der Waals surface area (Å²) in [6.07, 6.45) is 10.4. The normalized spacial score (nSPS) is 15.5. The van der Waals surface area contributed by atoms with Crippen molar-refractivity contribution in [1.82, 2.24) is 29.5 Å². The summed E-state index contributed by atoms with van der Waals surface area (Å²) in [6, 6.07) is 6.27.